The summed E-state index contributed by atoms with van der Waals surface area (Å²) in [5, 5.41) is 1.08. The standard InChI is InChI=1S/4C7H6N2S/c1-5-2-6-7(8-3-5)10-4-9-6;1-5-2-3-8-7-6(5)9-4-10-7;1-5-2-3-6-7(9-5)10-4-8-6;1-5-9-6-3-2-4-8-7(6)10-5/h4*2-4H,1H3. The van der Waals surface area contributed by atoms with Crippen LogP contribution in [0.5, 0.6) is 0 Å². The van der Waals surface area contributed by atoms with Crippen molar-refractivity contribution >= 4 is 86.7 Å². The first-order chi connectivity index (χ1) is 19.5. The van der Waals surface area contributed by atoms with Gasteiger partial charge in [0.2, 0.25) is 0 Å². The third-order valence-corrected chi connectivity index (χ3v) is 8.48. The smallest absolute Gasteiger partial charge is 0.143 e. The van der Waals surface area contributed by atoms with Gasteiger partial charge >= 0.3 is 0 Å². The Bertz CT molecular complexity index is 1880. The van der Waals surface area contributed by atoms with Crippen molar-refractivity contribution in [1.82, 2.24) is 39.9 Å². The number of thiazole rings is 4. The van der Waals surface area contributed by atoms with Crippen LogP contribution in [0.4, 0.5) is 0 Å². The van der Waals surface area contributed by atoms with Crippen LogP contribution in [0.15, 0.2) is 71.5 Å². The van der Waals surface area contributed by atoms with Crippen LogP contribution < -0.4 is 0 Å². The summed E-state index contributed by atoms with van der Waals surface area (Å²) in [6.45, 7) is 8.04. The minimum absolute atomic E-state index is 0.996. The summed E-state index contributed by atoms with van der Waals surface area (Å²) in [6.07, 6.45) is 5.47. The van der Waals surface area contributed by atoms with Crippen LogP contribution in [-0.2, 0) is 0 Å². The van der Waals surface area contributed by atoms with Gasteiger partial charge in [-0.2, -0.15) is 0 Å². The molecule has 0 saturated carbocycles. The molecule has 8 rings (SSSR count). The van der Waals surface area contributed by atoms with Gasteiger partial charge in [0.05, 0.1) is 27.1 Å². The summed E-state index contributed by atoms with van der Waals surface area (Å²) in [5.74, 6) is 0. The van der Waals surface area contributed by atoms with E-state index in [9.17, 15) is 0 Å². The minimum Gasteiger partial charge on any atom is -0.244 e. The lowest BCUT2D eigenvalue weighted by atomic mass is 10.3. The highest BCUT2D eigenvalue weighted by Crippen LogP contribution is 2.18. The maximum absolute atomic E-state index is 4.29. The second kappa shape index (κ2) is 13.0. The number of aromatic nitrogens is 8. The van der Waals surface area contributed by atoms with Crippen molar-refractivity contribution in [1.29, 1.82) is 0 Å². The predicted octanol–water partition coefficient (Wildman–Crippen LogP) is 8.00. The summed E-state index contributed by atoms with van der Waals surface area (Å²) in [6, 6.07) is 11.9. The van der Waals surface area contributed by atoms with Crippen LogP contribution >= 0.6 is 45.3 Å². The molecule has 12 heteroatoms. The first-order valence-electron chi connectivity index (χ1n) is 12.1. The Balaban J connectivity index is 0.000000108. The van der Waals surface area contributed by atoms with Gasteiger partial charge < -0.3 is 0 Å². The fraction of sp³-hybridized carbons (Fsp3) is 0.143. The molecule has 8 aromatic rings. The summed E-state index contributed by atoms with van der Waals surface area (Å²) in [5.41, 5.74) is 12.9. The quantitative estimate of drug-likeness (QED) is 0.172. The molecule has 8 nitrogen and oxygen atoms in total. The van der Waals surface area contributed by atoms with E-state index in [1.807, 2.05) is 93.0 Å². The zero-order valence-electron chi connectivity index (χ0n) is 22.1. The van der Waals surface area contributed by atoms with Crippen molar-refractivity contribution < 1.29 is 0 Å². The molecule has 0 N–H and O–H groups in total. The maximum atomic E-state index is 4.29. The Labute approximate surface area is 246 Å². The number of rotatable bonds is 0. The number of pyridine rings is 4. The van der Waals surface area contributed by atoms with Crippen molar-refractivity contribution in [2.24, 2.45) is 0 Å². The van der Waals surface area contributed by atoms with E-state index in [2.05, 4.69) is 39.9 Å². The Morgan fingerprint density at radius 2 is 1.32 bits per heavy atom. The third-order valence-electron chi connectivity index (χ3n) is 5.37. The molecule has 0 aliphatic rings. The molecule has 40 heavy (non-hydrogen) atoms. The van der Waals surface area contributed by atoms with Gasteiger partial charge in [-0.25, -0.2) is 39.9 Å². The van der Waals surface area contributed by atoms with E-state index in [0.717, 1.165) is 52.1 Å². The van der Waals surface area contributed by atoms with Gasteiger partial charge in [0, 0.05) is 24.3 Å². The second-order valence-corrected chi connectivity index (χ2v) is 12.2. The van der Waals surface area contributed by atoms with Gasteiger partial charge in [0.15, 0.2) is 0 Å². The van der Waals surface area contributed by atoms with Crippen LogP contribution in [0.3, 0.4) is 0 Å². The molecule has 8 heterocycles. The predicted molar refractivity (Wildman–Crippen MR) is 169 cm³/mol. The third kappa shape index (κ3) is 7.02. The number of fused-ring (bicyclic) bond motifs is 4. The van der Waals surface area contributed by atoms with Crippen LogP contribution in [-0.4, -0.2) is 39.9 Å². The molecule has 0 bridgehead atoms. The van der Waals surface area contributed by atoms with Crippen molar-refractivity contribution in [3.63, 3.8) is 0 Å². The Kier molecular flexibility index (Phi) is 9.01. The van der Waals surface area contributed by atoms with Crippen molar-refractivity contribution in [3.05, 3.63) is 93.3 Å². The molecule has 0 amide bonds. The number of nitrogens with zero attached hydrogens (tertiary/aromatic N) is 8. The highest BCUT2D eigenvalue weighted by Gasteiger charge is 1.99. The number of hydrogen-bond donors (Lipinski definition) is 0. The fourth-order valence-electron chi connectivity index (χ4n) is 3.48. The highest BCUT2D eigenvalue weighted by molar-refractivity contribution is 7.18. The minimum atomic E-state index is 0.996. The van der Waals surface area contributed by atoms with E-state index in [1.165, 1.54) is 11.1 Å². The molecule has 0 fully saturated rings. The molecular weight excluding hydrogens is 577 g/mol. The van der Waals surface area contributed by atoms with E-state index in [-0.39, 0.29) is 0 Å². The highest BCUT2D eigenvalue weighted by atomic mass is 32.1. The first-order valence-corrected chi connectivity index (χ1v) is 15.6. The normalized spacial score (nSPS) is 10.5. The monoisotopic (exact) mass is 600 g/mol. The van der Waals surface area contributed by atoms with E-state index >= 15 is 0 Å². The van der Waals surface area contributed by atoms with E-state index in [1.54, 1.807) is 51.5 Å². The molecule has 0 aliphatic carbocycles. The molecule has 0 spiro atoms. The average molecular weight is 601 g/mol. The molecular formula is C28H24N8S4. The first kappa shape index (κ1) is 27.7. The van der Waals surface area contributed by atoms with Gasteiger partial charge in [-0.3, -0.25) is 0 Å². The maximum Gasteiger partial charge on any atom is 0.143 e. The van der Waals surface area contributed by atoms with Crippen LogP contribution in [0.25, 0.3) is 41.4 Å². The Morgan fingerprint density at radius 3 is 2.15 bits per heavy atom. The lowest BCUT2D eigenvalue weighted by molar-refractivity contribution is 1.26. The van der Waals surface area contributed by atoms with Gasteiger partial charge in [-0.05, 0) is 75.2 Å². The molecule has 0 atom stereocenters. The number of aryl methyl sites for hydroxylation is 4. The lowest BCUT2D eigenvalue weighted by Crippen LogP contribution is -1.77. The van der Waals surface area contributed by atoms with E-state index < -0.39 is 0 Å². The van der Waals surface area contributed by atoms with Crippen LogP contribution in [0, 0.1) is 27.7 Å². The molecule has 0 aliphatic heterocycles. The van der Waals surface area contributed by atoms with Crippen molar-refractivity contribution in [2.45, 2.75) is 27.7 Å². The summed E-state index contributed by atoms with van der Waals surface area (Å²) in [4.78, 5) is 37.6. The molecule has 8 aromatic heterocycles. The van der Waals surface area contributed by atoms with Crippen molar-refractivity contribution in [3.8, 4) is 0 Å². The van der Waals surface area contributed by atoms with Gasteiger partial charge in [-0.15, -0.1) is 34.0 Å². The molecule has 200 valence electrons. The zero-order valence-corrected chi connectivity index (χ0v) is 25.4. The van der Waals surface area contributed by atoms with Gasteiger partial charge in [0.25, 0.3) is 0 Å². The Morgan fingerprint density at radius 1 is 0.575 bits per heavy atom. The molecule has 0 radical (unpaired) electrons. The number of hydrogen-bond acceptors (Lipinski definition) is 12. The van der Waals surface area contributed by atoms with Crippen molar-refractivity contribution in [2.75, 3.05) is 0 Å². The fourth-order valence-corrected chi connectivity index (χ4v) is 6.25. The Hall–Kier alpha value is -3.84. The van der Waals surface area contributed by atoms with Gasteiger partial charge in [-0.1, -0.05) is 11.3 Å². The van der Waals surface area contributed by atoms with Crippen LogP contribution in [0.1, 0.15) is 21.8 Å². The molecule has 0 saturated heterocycles. The van der Waals surface area contributed by atoms with E-state index in [0.29, 0.717) is 0 Å². The van der Waals surface area contributed by atoms with Gasteiger partial charge in [0.1, 0.15) is 35.9 Å². The lowest BCUT2D eigenvalue weighted by Gasteiger charge is -1.89. The summed E-state index contributed by atoms with van der Waals surface area (Å²) < 4.78 is 0. The second-order valence-electron chi connectivity index (χ2n) is 8.51. The summed E-state index contributed by atoms with van der Waals surface area (Å²) in [7, 11) is 0. The molecule has 0 aromatic carbocycles. The van der Waals surface area contributed by atoms with Crippen LogP contribution in [0.2, 0.25) is 0 Å². The largest absolute Gasteiger partial charge is 0.244 e. The summed E-state index contributed by atoms with van der Waals surface area (Å²) >= 11 is 6.36. The topological polar surface area (TPSA) is 103 Å². The van der Waals surface area contributed by atoms with E-state index in [4.69, 9.17) is 0 Å². The SMILES string of the molecule is Cc1ccc2ncsc2n1.Cc1ccnc2scnc12.Cc1cnc2scnc2c1.Cc1nc2cccnc2s1. The average Bonchev–Trinajstić information content (AvgIpc) is 3.75. The molecule has 0 unspecified atom stereocenters. The zero-order chi connectivity index (χ0) is 27.9.